The van der Waals surface area contributed by atoms with E-state index in [1.54, 1.807) is 0 Å². The number of rotatable bonds is 2. The van der Waals surface area contributed by atoms with Crippen LogP contribution in [0.3, 0.4) is 0 Å². The van der Waals surface area contributed by atoms with Crippen molar-refractivity contribution >= 4 is 11.6 Å². The lowest BCUT2D eigenvalue weighted by atomic mass is 9.98. The molecule has 0 amide bonds. The van der Waals surface area contributed by atoms with Crippen molar-refractivity contribution < 1.29 is 8.78 Å². The van der Waals surface area contributed by atoms with Gasteiger partial charge in [-0.05, 0) is 18.1 Å². The first kappa shape index (κ1) is 12.9. The van der Waals surface area contributed by atoms with Crippen LogP contribution in [0.4, 0.5) is 8.78 Å². The molecule has 18 heavy (non-hydrogen) atoms. The first-order valence-electron chi connectivity index (χ1n) is 5.47. The molecule has 0 saturated carbocycles. The molecule has 2 rings (SSSR count). The summed E-state index contributed by atoms with van der Waals surface area (Å²) in [6.07, 6.45) is 1.20. The zero-order valence-corrected chi connectivity index (χ0v) is 10.7. The van der Waals surface area contributed by atoms with E-state index < -0.39 is 11.6 Å². The molecule has 1 heterocycles. The second-order valence-corrected chi connectivity index (χ2v) is 4.54. The van der Waals surface area contributed by atoms with Crippen LogP contribution in [0.25, 0.3) is 11.3 Å². The Morgan fingerprint density at radius 2 is 1.72 bits per heavy atom. The third-order valence-corrected chi connectivity index (χ3v) is 2.91. The lowest BCUT2D eigenvalue weighted by molar-refractivity contribution is 0.588. The lowest BCUT2D eigenvalue weighted by Crippen LogP contribution is -2.02. The average Bonchev–Trinajstić information content (AvgIpc) is 2.28. The predicted molar refractivity (Wildman–Crippen MR) is 66.5 cm³/mol. The number of halogens is 3. The summed E-state index contributed by atoms with van der Waals surface area (Å²) in [7, 11) is 0. The summed E-state index contributed by atoms with van der Waals surface area (Å²) < 4.78 is 27.5. The standard InChI is InChI=1S/C13H11ClF2N2/c1-7(2)10-12(17-6-18-13(10)14)11-8(15)4-3-5-9(11)16/h3-7H,1-2H3. The van der Waals surface area contributed by atoms with E-state index in [4.69, 9.17) is 11.6 Å². The summed E-state index contributed by atoms with van der Waals surface area (Å²) in [6, 6.07) is 3.70. The zero-order chi connectivity index (χ0) is 13.3. The summed E-state index contributed by atoms with van der Waals surface area (Å²) in [5.41, 5.74) is 0.592. The maximum atomic E-state index is 13.8. The van der Waals surface area contributed by atoms with Crippen molar-refractivity contribution in [1.29, 1.82) is 0 Å². The highest BCUT2D eigenvalue weighted by Crippen LogP contribution is 2.34. The van der Waals surface area contributed by atoms with Crippen molar-refractivity contribution in [2.24, 2.45) is 0 Å². The van der Waals surface area contributed by atoms with Crippen LogP contribution in [0.5, 0.6) is 0 Å². The summed E-state index contributed by atoms with van der Waals surface area (Å²) in [6.45, 7) is 3.74. The van der Waals surface area contributed by atoms with Crippen LogP contribution in [0.2, 0.25) is 5.15 Å². The van der Waals surface area contributed by atoms with Gasteiger partial charge in [0, 0.05) is 5.56 Å². The molecule has 94 valence electrons. The Bertz CT molecular complexity index is 565. The van der Waals surface area contributed by atoms with Crippen molar-refractivity contribution in [2.75, 3.05) is 0 Å². The number of nitrogens with zero attached hydrogens (tertiary/aromatic N) is 2. The molecule has 2 nitrogen and oxygen atoms in total. The average molecular weight is 269 g/mol. The highest BCUT2D eigenvalue weighted by molar-refractivity contribution is 6.30. The van der Waals surface area contributed by atoms with E-state index in [2.05, 4.69) is 9.97 Å². The second-order valence-electron chi connectivity index (χ2n) is 4.18. The molecule has 0 atom stereocenters. The summed E-state index contributed by atoms with van der Waals surface area (Å²) >= 11 is 5.98. The molecule has 5 heteroatoms. The predicted octanol–water partition coefficient (Wildman–Crippen LogP) is 4.20. The Morgan fingerprint density at radius 3 is 2.28 bits per heavy atom. The fourth-order valence-electron chi connectivity index (χ4n) is 1.81. The molecule has 0 radical (unpaired) electrons. The molecule has 0 saturated heterocycles. The minimum atomic E-state index is -0.660. The van der Waals surface area contributed by atoms with Gasteiger partial charge in [0.15, 0.2) is 0 Å². The molecule has 0 spiro atoms. The minimum absolute atomic E-state index is 0.0345. The molecule has 0 fully saturated rings. The minimum Gasteiger partial charge on any atom is -0.236 e. The first-order valence-corrected chi connectivity index (χ1v) is 5.85. The van der Waals surface area contributed by atoms with Crippen LogP contribution < -0.4 is 0 Å². The van der Waals surface area contributed by atoms with Crippen molar-refractivity contribution in [2.45, 2.75) is 19.8 Å². The third kappa shape index (κ3) is 2.20. The zero-order valence-electron chi connectivity index (χ0n) is 9.92. The molecule has 1 aromatic carbocycles. The lowest BCUT2D eigenvalue weighted by Gasteiger charge is -2.13. The van der Waals surface area contributed by atoms with E-state index in [0.29, 0.717) is 5.56 Å². The molecule has 1 aromatic heterocycles. The van der Waals surface area contributed by atoms with E-state index in [0.717, 1.165) is 0 Å². The monoisotopic (exact) mass is 268 g/mol. The third-order valence-electron chi connectivity index (χ3n) is 2.61. The Hall–Kier alpha value is -1.55. The van der Waals surface area contributed by atoms with Gasteiger partial charge in [-0.25, -0.2) is 18.7 Å². The summed E-state index contributed by atoms with van der Waals surface area (Å²) in [5, 5.41) is 0.220. The van der Waals surface area contributed by atoms with Gasteiger partial charge >= 0.3 is 0 Å². The fourth-order valence-corrected chi connectivity index (χ4v) is 2.16. The van der Waals surface area contributed by atoms with Crippen LogP contribution in [0.1, 0.15) is 25.3 Å². The Balaban J connectivity index is 2.76. The summed E-state index contributed by atoms with van der Waals surface area (Å²) in [5.74, 6) is -1.36. The molecule has 0 unspecified atom stereocenters. The summed E-state index contributed by atoms with van der Waals surface area (Å²) in [4.78, 5) is 7.83. The van der Waals surface area contributed by atoms with Gasteiger partial charge in [0.25, 0.3) is 0 Å². The fraction of sp³-hybridized carbons (Fsp3) is 0.231. The molecule has 0 aliphatic heterocycles. The Labute approximate surface area is 109 Å². The van der Waals surface area contributed by atoms with Crippen molar-refractivity contribution in [1.82, 2.24) is 9.97 Å². The molecular formula is C13H11ClF2N2. The maximum Gasteiger partial charge on any atom is 0.136 e. The Kier molecular flexibility index (Phi) is 3.57. The van der Waals surface area contributed by atoms with Crippen molar-refractivity contribution in [3.63, 3.8) is 0 Å². The van der Waals surface area contributed by atoms with E-state index in [1.165, 1.54) is 24.5 Å². The van der Waals surface area contributed by atoms with Gasteiger partial charge in [0.05, 0.1) is 11.3 Å². The molecule has 0 aliphatic carbocycles. The van der Waals surface area contributed by atoms with Gasteiger partial charge in [-0.3, -0.25) is 0 Å². The molecular weight excluding hydrogens is 258 g/mol. The largest absolute Gasteiger partial charge is 0.236 e. The maximum absolute atomic E-state index is 13.8. The topological polar surface area (TPSA) is 25.8 Å². The highest BCUT2D eigenvalue weighted by atomic mass is 35.5. The molecule has 0 aliphatic rings. The smallest absolute Gasteiger partial charge is 0.136 e. The van der Waals surface area contributed by atoms with Crippen LogP contribution in [-0.4, -0.2) is 9.97 Å². The SMILES string of the molecule is CC(C)c1c(Cl)ncnc1-c1c(F)cccc1F. The number of aromatic nitrogens is 2. The van der Waals surface area contributed by atoms with Gasteiger partial charge in [-0.1, -0.05) is 31.5 Å². The van der Waals surface area contributed by atoms with Gasteiger partial charge in [-0.15, -0.1) is 0 Å². The molecule has 0 N–H and O–H groups in total. The van der Waals surface area contributed by atoms with Gasteiger partial charge in [0.1, 0.15) is 23.1 Å². The normalized spacial score (nSPS) is 11.0. The van der Waals surface area contributed by atoms with E-state index in [9.17, 15) is 8.78 Å². The van der Waals surface area contributed by atoms with Crippen LogP contribution >= 0.6 is 11.6 Å². The van der Waals surface area contributed by atoms with E-state index in [1.807, 2.05) is 13.8 Å². The Morgan fingerprint density at radius 1 is 1.11 bits per heavy atom. The van der Waals surface area contributed by atoms with Crippen LogP contribution in [0, 0.1) is 11.6 Å². The number of benzene rings is 1. The van der Waals surface area contributed by atoms with Crippen molar-refractivity contribution in [3.8, 4) is 11.3 Å². The van der Waals surface area contributed by atoms with Crippen LogP contribution in [-0.2, 0) is 0 Å². The first-order chi connectivity index (χ1) is 8.52. The van der Waals surface area contributed by atoms with Crippen molar-refractivity contribution in [3.05, 3.63) is 46.9 Å². The van der Waals surface area contributed by atoms with Gasteiger partial charge < -0.3 is 0 Å². The number of hydrogen-bond acceptors (Lipinski definition) is 2. The number of hydrogen-bond donors (Lipinski definition) is 0. The van der Waals surface area contributed by atoms with Crippen LogP contribution in [0.15, 0.2) is 24.5 Å². The van der Waals surface area contributed by atoms with E-state index in [-0.39, 0.29) is 22.3 Å². The highest BCUT2D eigenvalue weighted by Gasteiger charge is 2.20. The van der Waals surface area contributed by atoms with E-state index >= 15 is 0 Å². The molecule has 2 aromatic rings. The quantitative estimate of drug-likeness (QED) is 0.763. The molecule has 0 bridgehead atoms. The van der Waals surface area contributed by atoms with Gasteiger partial charge in [-0.2, -0.15) is 0 Å². The second kappa shape index (κ2) is 4.98. The van der Waals surface area contributed by atoms with Gasteiger partial charge in [0.2, 0.25) is 0 Å².